The van der Waals surface area contributed by atoms with Crippen LogP contribution in [-0.2, 0) is 4.79 Å². The summed E-state index contributed by atoms with van der Waals surface area (Å²) in [6.45, 7) is 5.37. The van der Waals surface area contributed by atoms with Gasteiger partial charge in [-0.05, 0) is 32.0 Å². The van der Waals surface area contributed by atoms with Gasteiger partial charge in [0.2, 0.25) is 5.91 Å². The highest BCUT2D eigenvalue weighted by molar-refractivity contribution is 5.84. The van der Waals surface area contributed by atoms with Crippen molar-refractivity contribution in [3.05, 3.63) is 35.9 Å². The number of amides is 1. The third-order valence-electron chi connectivity index (χ3n) is 4.39. The Balaban J connectivity index is 2.19. The molecule has 1 aromatic rings. The molecule has 4 heteroatoms. The van der Waals surface area contributed by atoms with Crippen LogP contribution in [0.4, 0.5) is 0 Å². The molecule has 2 N–H and O–H groups in total. The maximum atomic E-state index is 13.0. The second-order valence-corrected chi connectivity index (χ2v) is 5.91. The molecule has 0 radical (unpaired) electrons. The van der Waals surface area contributed by atoms with Crippen molar-refractivity contribution < 1.29 is 4.79 Å². The van der Waals surface area contributed by atoms with Crippen LogP contribution in [0.25, 0.3) is 0 Å². The van der Waals surface area contributed by atoms with Crippen molar-refractivity contribution in [2.24, 2.45) is 5.73 Å². The lowest BCUT2D eigenvalue weighted by Crippen LogP contribution is -2.46. The van der Waals surface area contributed by atoms with Crippen LogP contribution in [0.5, 0.6) is 0 Å². The van der Waals surface area contributed by atoms with Gasteiger partial charge in [0.1, 0.15) is 0 Å². The fourth-order valence-electron chi connectivity index (χ4n) is 3.15. The summed E-state index contributed by atoms with van der Waals surface area (Å²) in [5.41, 5.74) is 6.93. The van der Waals surface area contributed by atoms with Crippen LogP contribution in [0.2, 0.25) is 0 Å². The van der Waals surface area contributed by atoms with Gasteiger partial charge in [0.25, 0.3) is 0 Å². The molecule has 21 heavy (non-hydrogen) atoms. The van der Waals surface area contributed by atoms with E-state index >= 15 is 0 Å². The molecule has 0 aliphatic carbocycles. The molecular weight excluding hydrogens is 262 g/mol. The number of carbonyl (C=O) groups is 1. The lowest BCUT2D eigenvalue weighted by Gasteiger charge is -2.33. The zero-order valence-corrected chi connectivity index (χ0v) is 13.2. The lowest BCUT2D eigenvalue weighted by molar-refractivity contribution is -0.134. The van der Waals surface area contributed by atoms with Crippen molar-refractivity contribution in [2.45, 2.75) is 31.7 Å². The predicted molar refractivity (Wildman–Crippen MR) is 86.1 cm³/mol. The van der Waals surface area contributed by atoms with Gasteiger partial charge in [0.15, 0.2) is 0 Å². The van der Waals surface area contributed by atoms with E-state index in [1.807, 2.05) is 30.3 Å². The second-order valence-electron chi connectivity index (χ2n) is 5.91. The molecule has 1 aromatic carbocycles. The summed E-state index contributed by atoms with van der Waals surface area (Å²) >= 11 is 0. The molecule has 0 bridgehead atoms. The SMILES string of the molecule is CCC1CN(C)CCCN1C(=O)C(CN)c1ccccc1. The van der Waals surface area contributed by atoms with Crippen LogP contribution in [-0.4, -0.2) is 55.0 Å². The molecule has 1 fully saturated rings. The summed E-state index contributed by atoms with van der Waals surface area (Å²) in [7, 11) is 2.13. The van der Waals surface area contributed by atoms with Crippen molar-refractivity contribution in [3.63, 3.8) is 0 Å². The maximum absolute atomic E-state index is 13.0. The van der Waals surface area contributed by atoms with E-state index in [0.29, 0.717) is 12.6 Å². The van der Waals surface area contributed by atoms with E-state index in [1.54, 1.807) is 0 Å². The Labute approximate surface area is 127 Å². The molecule has 1 amide bonds. The van der Waals surface area contributed by atoms with Crippen LogP contribution >= 0.6 is 0 Å². The number of benzene rings is 1. The molecule has 0 aromatic heterocycles. The normalized spacial score (nSPS) is 21.9. The minimum Gasteiger partial charge on any atom is -0.338 e. The highest BCUT2D eigenvalue weighted by Gasteiger charge is 2.31. The smallest absolute Gasteiger partial charge is 0.231 e. The number of likely N-dealkylation sites (N-methyl/N-ethyl adjacent to an activating group) is 1. The Bertz CT molecular complexity index is 449. The number of nitrogens with zero attached hydrogens (tertiary/aromatic N) is 2. The largest absolute Gasteiger partial charge is 0.338 e. The van der Waals surface area contributed by atoms with Gasteiger partial charge in [-0.3, -0.25) is 4.79 Å². The molecule has 0 saturated carbocycles. The van der Waals surface area contributed by atoms with Crippen molar-refractivity contribution in [1.82, 2.24) is 9.80 Å². The van der Waals surface area contributed by atoms with Crippen molar-refractivity contribution in [3.8, 4) is 0 Å². The summed E-state index contributed by atoms with van der Waals surface area (Å²) in [4.78, 5) is 17.4. The third kappa shape index (κ3) is 3.83. The molecule has 0 spiro atoms. The minimum absolute atomic E-state index is 0.186. The third-order valence-corrected chi connectivity index (χ3v) is 4.39. The number of hydrogen-bond donors (Lipinski definition) is 1. The van der Waals surface area contributed by atoms with Crippen molar-refractivity contribution >= 4 is 5.91 Å². The van der Waals surface area contributed by atoms with E-state index in [-0.39, 0.29) is 11.8 Å². The van der Waals surface area contributed by atoms with E-state index in [9.17, 15) is 4.79 Å². The van der Waals surface area contributed by atoms with Crippen molar-refractivity contribution in [2.75, 3.05) is 33.2 Å². The Morgan fingerprint density at radius 1 is 1.33 bits per heavy atom. The number of nitrogens with two attached hydrogens (primary N) is 1. The van der Waals surface area contributed by atoms with Gasteiger partial charge in [0.05, 0.1) is 5.92 Å². The Morgan fingerprint density at radius 3 is 2.67 bits per heavy atom. The predicted octanol–water partition coefficient (Wildman–Crippen LogP) is 1.67. The average molecular weight is 289 g/mol. The topological polar surface area (TPSA) is 49.6 Å². The molecule has 1 heterocycles. The summed E-state index contributed by atoms with van der Waals surface area (Å²) in [6, 6.07) is 10.2. The minimum atomic E-state index is -0.219. The molecular formula is C17H27N3O. The fraction of sp³-hybridized carbons (Fsp3) is 0.588. The lowest BCUT2D eigenvalue weighted by atomic mass is 9.96. The zero-order valence-electron chi connectivity index (χ0n) is 13.2. The van der Waals surface area contributed by atoms with E-state index in [2.05, 4.69) is 23.8 Å². The summed E-state index contributed by atoms with van der Waals surface area (Å²) in [5.74, 6) is -0.0329. The van der Waals surface area contributed by atoms with Crippen LogP contribution in [0, 0.1) is 0 Å². The van der Waals surface area contributed by atoms with Gasteiger partial charge in [-0.1, -0.05) is 37.3 Å². The maximum Gasteiger partial charge on any atom is 0.231 e. The van der Waals surface area contributed by atoms with Crippen LogP contribution in [0.15, 0.2) is 30.3 Å². The summed E-state index contributed by atoms with van der Waals surface area (Å²) < 4.78 is 0. The van der Waals surface area contributed by atoms with E-state index < -0.39 is 0 Å². The van der Waals surface area contributed by atoms with Crippen LogP contribution in [0.1, 0.15) is 31.2 Å². The quantitative estimate of drug-likeness (QED) is 0.917. The first-order valence-corrected chi connectivity index (χ1v) is 7.91. The average Bonchev–Trinajstić information content (AvgIpc) is 2.70. The summed E-state index contributed by atoms with van der Waals surface area (Å²) in [6.07, 6.45) is 2.02. The fourth-order valence-corrected chi connectivity index (χ4v) is 3.15. The zero-order chi connectivity index (χ0) is 15.2. The van der Waals surface area contributed by atoms with Gasteiger partial charge >= 0.3 is 0 Å². The molecule has 4 nitrogen and oxygen atoms in total. The van der Waals surface area contributed by atoms with E-state index in [1.165, 1.54) is 0 Å². The monoisotopic (exact) mass is 289 g/mol. The van der Waals surface area contributed by atoms with E-state index in [4.69, 9.17) is 5.73 Å². The standard InChI is InChI=1S/C17H27N3O/c1-3-15-13-19(2)10-7-11-20(15)17(21)16(12-18)14-8-5-4-6-9-14/h4-6,8-9,15-16H,3,7,10-13,18H2,1-2H3. The van der Waals surface area contributed by atoms with Crippen molar-refractivity contribution in [1.29, 1.82) is 0 Å². The first kappa shape index (κ1) is 16.0. The van der Waals surface area contributed by atoms with Gasteiger partial charge in [-0.2, -0.15) is 0 Å². The summed E-state index contributed by atoms with van der Waals surface area (Å²) in [5, 5.41) is 0. The van der Waals surface area contributed by atoms with Crippen LogP contribution in [0.3, 0.4) is 0 Å². The Morgan fingerprint density at radius 2 is 2.05 bits per heavy atom. The van der Waals surface area contributed by atoms with Gasteiger partial charge in [-0.25, -0.2) is 0 Å². The highest BCUT2D eigenvalue weighted by Crippen LogP contribution is 2.21. The van der Waals surface area contributed by atoms with Gasteiger partial charge in [-0.15, -0.1) is 0 Å². The number of hydrogen-bond acceptors (Lipinski definition) is 3. The second kappa shape index (κ2) is 7.57. The molecule has 1 aliphatic heterocycles. The molecule has 2 atom stereocenters. The molecule has 116 valence electrons. The number of rotatable bonds is 4. The van der Waals surface area contributed by atoms with Gasteiger partial charge in [0, 0.05) is 25.7 Å². The Hall–Kier alpha value is -1.39. The molecule has 1 saturated heterocycles. The molecule has 1 aliphatic rings. The first-order valence-electron chi connectivity index (χ1n) is 7.91. The van der Waals surface area contributed by atoms with E-state index in [0.717, 1.165) is 38.0 Å². The molecule has 2 unspecified atom stereocenters. The van der Waals surface area contributed by atoms with Gasteiger partial charge < -0.3 is 15.5 Å². The first-order chi connectivity index (χ1) is 10.2. The molecule has 2 rings (SSSR count). The Kier molecular flexibility index (Phi) is 5.76. The van der Waals surface area contributed by atoms with Crippen LogP contribution < -0.4 is 5.73 Å². The highest BCUT2D eigenvalue weighted by atomic mass is 16.2. The number of carbonyl (C=O) groups excluding carboxylic acids is 1.